The molecule has 1 amide bonds. The predicted octanol–water partition coefficient (Wildman–Crippen LogP) is 4.27. The molecular formula is C26H28F3N5O3. The van der Waals surface area contributed by atoms with Gasteiger partial charge in [0.25, 0.3) is 5.91 Å². The van der Waals surface area contributed by atoms with Gasteiger partial charge in [-0.2, -0.15) is 18.3 Å². The van der Waals surface area contributed by atoms with Crippen molar-refractivity contribution in [2.45, 2.75) is 24.7 Å². The largest absolute Gasteiger partial charge is 0.493 e. The molecule has 5 rings (SSSR count). The molecule has 1 unspecified atom stereocenters. The molecule has 2 N–H and O–H groups in total. The highest BCUT2D eigenvalue weighted by molar-refractivity contribution is 5.94. The number of methoxy groups -OCH3 is 2. The lowest BCUT2D eigenvalue weighted by molar-refractivity contribution is -0.173. The van der Waals surface area contributed by atoms with Gasteiger partial charge in [-0.05, 0) is 29.8 Å². The van der Waals surface area contributed by atoms with E-state index in [1.54, 1.807) is 53.4 Å². The van der Waals surface area contributed by atoms with E-state index in [0.717, 1.165) is 17.8 Å². The van der Waals surface area contributed by atoms with Gasteiger partial charge < -0.3 is 25.0 Å². The van der Waals surface area contributed by atoms with Crippen LogP contribution in [-0.2, 0) is 0 Å². The van der Waals surface area contributed by atoms with Crippen LogP contribution in [0.3, 0.4) is 0 Å². The van der Waals surface area contributed by atoms with Crippen LogP contribution >= 0.6 is 0 Å². The Kier molecular flexibility index (Phi) is 6.72. The van der Waals surface area contributed by atoms with E-state index in [1.807, 2.05) is 0 Å². The molecule has 0 radical (unpaired) electrons. The SMILES string of the molecule is COc1ccc(C2C[C@@H](C(F)(F)F)n3nc(-c4ccc(C(=O)N5CCNCC5)cc4)cc3N2)cc1OC. The summed E-state index contributed by atoms with van der Waals surface area (Å²) in [5.74, 6) is 1.15. The molecule has 1 saturated heterocycles. The molecule has 3 heterocycles. The quantitative estimate of drug-likeness (QED) is 0.528. The standard InChI is InChI=1S/C26H28F3N5O3/c1-36-21-8-7-18(13-22(21)37-2)19-14-23(26(27,28)29)34-24(31-19)15-20(32-34)16-3-5-17(6-4-16)25(35)33-11-9-30-10-12-33/h3-8,13,15,19,23,30-31H,9-12,14H2,1-2H3/t19?,23-/m0/s1. The summed E-state index contributed by atoms with van der Waals surface area (Å²) in [5.41, 5.74) is 2.21. The van der Waals surface area contributed by atoms with E-state index in [4.69, 9.17) is 9.47 Å². The van der Waals surface area contributed by atoms with Gasteiger partial charge >= 0.3 is 6.18 Å². The zero-order chi connectivity index (χ0) is 26.2. The fraction of sp³-hybridized carbons (Fsp3) is 0.385. The number of alkyl halides is 3. The number of hydrogen-bond acceptors (Lipinski definition) is 6. The minimum atomic E-state index is -4.49. The third-order valence-electron chi connectivity index (χ3n) is 6.83. The average molecular weight is 516 g/mol. The van der Waals surface area contributed by atoms with Crippen LogP contribution in [0.1, 0.15) is 34.4 Å². The van der Waals surface area contributed by atoms with E-state index in [-0.39, 0.29) is 18.1 Å². The summed E-state index contributed by atoms with van der Waals surface area (Å²) in [5, 5.41) is 10.7. The van der Waals surface area contributed by atoms with E-state index >= 15 is 0 Å². The highest BCUT2D eigenvalue weighted by atomic mass is 19.4. The van der Waals surface area contributed by atoms with Gasteiger partial charge in [-0.25, -0.2) is 4.68 Å². The Morgan fingerprint density at radius 3 is 2.35 bits per heavy atom. The number of carbonyl (C=O) groups is 1. The maximum Gasteiger partial charge on any atom is 0.410 e. The van der Waals surface area contributed by atoms with E-state index in [2.05, 4.69) is 15.7 Å². The van der Waals surface area contributed by atoms with Crippen molar-refractivity contribution in [2.24, 2.45) is 0 Å². The van der Waals surface area contributed by atoms with Gasteiger partial charge in [0.05, 0.1) is 26.0 Å². The summed E-state index contributed by atoms with van der Waals surface area (Å²) in [4.78, 5) is 14.5. The van der Waals surface area contributed by atoms with Crippen molar-refractivity contribution in [3.05, 3.63) is 59.7 Å². The number of ether oxygens (including phenoxy) is 2. The van der Waals surface area contributed by atoms with Gasteiger partial charge in [0.15, 0.2) is 17.5 Å². The number of nitrogens with one attached hydrogen (secondary N) is 2. The van der Waals surface area contributed by atoms with Gasteiger partial charge in [0.1, 0.15) is 5.82 Å². The second-order valence-corrected chi connectivity index (χ2v) is 9.08. The number of anilines is 1. The second-order valence-electron chi connectivity index (χ2n) is 9.08. The van der Waals surface area contributed by atoms with Crippen molar-refractivity contribution in [3.63, 3.8) is 0 Å². The minimum absolute atomic E-state index is 0.0613. The third-order valence-corrected chi connectivity index (χ3v) is 6.83. The number of aromatic nitrogens is 2. The molecule has 2 aliphatic heterocycles. The zero-order valence-electron chi connectivity index (χ0n) is 20.5. The van der Waals surface area contributed by atoms with Crippen molar-refractivity contribution < 1.29 is 27.4 Å². The molecule has 0 saturated carbocycles. The van der Waals surface area contributed by atoms with Crippen LogP contribution in [0, 0.1) is 0 Å². The first kappa shape index (κ1) is 24.9. The molecule has 0 bridgehead atoms. The Bertz CT molecular complexity index is 1270. The number of hydrogen-bond donors (Lipinski definition) is 2. The van der Waals surface area contributed by atoms with E-state index in [1.165, 1.54) is 14.2 Å². The summed E-state index contributed by atoms with van der Waals surface area (Å²) >= 11 is 0. The van der Waals surface area contributed by atoms with Crippen LogP contribution in [0.2, 0.25) is 0 Å². The minimum Gasteiger partial charge on any atom is -0.493 e. The van der Waals surface area contributed by atoms with Crippen molar-refractivity contribution in [1.29, 1.82) is 0 Å². The molecule has 3 aromatic rings. The van der Waals surface area contributed by atoms with Gasteiger partial charge in [-0.15, -0.1) is 0 Å². The number of halogens is 3. The molecule has 11 heteroatoms. The molecule has 8 nitrogen and oxygen atoms in total. The van der Waals surface area contributed by atoms with Crippen LogP contribution in [0.15, 0.2) is 48.5 Å². The third kappa shape index (κ3) is 4.95. The van der Waals surface area contributed by atoms with Crippen LogP contribution < -0.4 is 20.1 Å². The first-order valence-corrected chi connectivity index (χ1v) is 12.0. The van der Waals surface area contributed by atoms with Crippen molar-refractivity contribution >= 4 is 11.7 Å². The van der Waals surface area contributed by atoms with Crippen LogP contribution in [-0.4, -0.2) is 67.2 Å². The fourth-order valence-corrected chi connectivity index (χ4v) is 4.84. The Morgan fingerprint density at radius 2 is 1.70 bits per heavy atom. The molecule has 196 valence electrons. The molecule has 1 fully saturated rings. The normalized spacial score (nSPS) is 19.6. The molecule has 37 heavy (non-hydrogen) atoms. The number of benzene rings is 2. The lowest BCUT2D eigenvalue weighted by Crippen LogP contribution is -2.46. The van der Waals surface area contributed by atoms with Gasteiger partial charge in [-0.1, -0.05) is 18.2 Å². The topological polar surface area (TPSA) is 80.7 Å². The van der Waals surface area contributed by atoms with Crippen molar-refractivity contribution in [2.75, 3.05) is 45.7 Å². The van der Waals surface area contributed by atoms with Gasteiger partial charge in [0.2, 0.25) is 0 Å². The molecule has 2 aliphatic rings. The second kappa shape index (κ2) is 9.97. The van der Waals surface area contributed by atoms with Gasteiger partial charge in [-0.3, -0.25) is 4.79 Å². The maximum atomic E-state index is 14.1. The van der Waals surface area contributed by atoms with Crippen LogP contribution in [0.5, 0.6) is 11.5 Å². The van der Waals surface area contributed by atoms with Crippen molar-refractivity contribution in [1.82, 2.24) is 20.0 Å². The van der Waals surface area contributed by atoms with E-state index in [0.29, 0.717) is 47.0 Å². The molecule has 0 aliphatic carbocycles. The van der Waals surface area contributed by atoms with E-state index < -0.39 is 18.3 Å². The number of carbonyl (C=O) groups excluding carboxylic acids is 1. The first-order chi connectivity index (χ1) is 17.8. The monoisotopic (exact) mass is 515 g/mol. The Hall–Kier alpha value is -3.73. The predicted molar refractivity (Wildman–Crippen MR) is 132 cm³/mol. The van der Waals surface area contributed by atoms with Crippen LogP contribution in [0.4, 0.5) is 19.0 Å². The summed E-state index contributed by atoms with van der Waals surface area (Å²) in [7, 11) is 2.99. The summed E-state index contributed by atoms with van der Waals surface area (Å²) in [6, 6.07) is 11.1. The Morgan fingerprint density at radius 1 is 1.00 bits per heavy atom. The Balaban J connectivity index is 1.42. The van der Waals surface area contributed by atoms with Crippen molar-refractivity contribution in [3.8, 4) is 22.8 Å². The molecule has 2 atom stereocenters. The fourth-order valence-electron chi connectivity index (χ4n) is 4.84. The molecule has 0 spiro atoms. The number of rotatable bonds is 5. The molecule has 2 aromatic carbocycles. The number of piperazine rings is 1. The molecule has 1 aromatic heterocycles. The lowest BCUT2D eigenvalue weighted by Gasteiger charge is -2.33. The van der Waals surface area contributed by atoms with Gasteiger partial charge in [0, 0.05) is 49.8 Å². The number of amides is 1. The number of fused-ring (bicyclic) bond motifs is 1. The smallest absolute Gasteiger partial charge is 0.410 e. The highest BCUT2D eigenvalue weighted by Gasteiger charge is 2.46. The highest BCUT2D eigenvalue weighted by Crippen LogP contribution is 2.45. The first-order valence-electron chi connectivity index (χ1n) is 12.0. The summed E-state index contributed by atoms with van der Waals surface area (Å²) in [6.45, 7) is 2.78. The Labute approximate surface area is 212 Å². The maximum absolute atomic E-state index is 14.1. The van der Waals surface area contributed by atoms with Crippen LogP contribution in [0.25, 0.3) is 11.3 Å². The summed E-state index contributed by atoms with van der Waals surface area (Å²) in [6.07, 6.45) is -4.72. The van der Waals surface area contributed by atoms with E-state index in [9.17, 15) is 18.0 Å². The molecular weight excluding hydrogens is 487 g/mol. The number of nitrogens with zero attached hydrogens (tertiary/aromatic N) is 3. The lowest BCUT2D eigenvalue weighted by atomic mass is 9.96. The average Bonchev–Trinajstić information content (AvgIpc) is 3.36. The summed E-state index contributed by atoms with van der Waals surface area (Å²) < 4.78 is 54.0. The zero-order valence-corrected chi connectivity index (χ0v) is 20.5.